The van der Waals surface area contributed by atoms with Crippen LogP contribution in [0.15, 0.2) is 12.4 Å². The number of hydrogen-bond donors (Lipinski definition) is 1. The first-order valence-corrected chi connectivity index (χ1v) is 6.38. The van der Waals surface area contributed by atoms with Crippen LogP contribution in [0.1, 0.15) is 23.7 Å². The van der Waals surface area contributed by atoms with E-state index in [1.165, 1.54) is 11.8 Å². The second-order valence-corrected chi connectivity index (χ2v) is 5.49. The maximum atomic E-state index is 11.8. The predicted molar refractivity (Wildman–Crippen MR) is 68.0 cm³/mol. The second-order valence-electron chi connectivity index (χ2n) is 4.02. The van der Waals surface area contributed by atoms with Gasteiger partial charge >= 0.3 is 5.97 Å². The molecule has 1 aliphatic rings. The number of carbonyl (C=O) groups is 3. The molecule has 0 aliphatic carbocycles. The van der Waals surface area contributed by atoms with Crippen LogP contribution < -0.4 is 4.90 Å². The summed E-state index contributed by atoms with van der Waals surface area (Å²) in [6.07, 6.45) is 2.57. The van der Waals surface area contributed by atoms with Gasteiger partial charge in [-0.1, -0.05) is 11.8 Å². The smallest absolute Gasteiger partial charge is 0.338 e. The highest BCUT2D eigenvalue weighted by atomic mass is 32.2. The van der Waals surface area contributed by atoms with Crippen LogP contribution in [0, 0.1) is 0 Å². The summed E-state index contributed by atoms with van der Waals surface area (Å²) in [5.74, 6) is -1.12. The Morgan fingerprint density at radius 3 is 2.58 bits per heavy atom. The molecule has 1 atom stereocenters. The lowest BCUT2D eigenvalue weighted by Crippen LogP contribution is -2.27. The van der Waals surface area contributed by atoms with Crippen molar-refractivity contribution in [3.8, 4) is 0 Å². The number of carboxylic acids is 1. The van der Waals surface area contributed by atoms with E-state index >= 15 is 0 Å². The van der Waals surface area contributed by atoms with Gasteiger partial charge in [0.1, 0.15) is 0 Å². The van der Waals surface area contributed by atoms with Gasteiger partial charge in [0.25, 0.3) is 0 Å². The molecule has 1 amide bonds. The van der Waals surface area contributed by atoms with Crippen LogP contribution >= 0.6 is 11.8 Å². The molecule has 1 aliphatic heterocycles. The van der Waals surface area contributed by atoms with Crippen molar-refractivity contribution >= 4 is 34.7 Å². The first-order chi connectivity index (χ1) is 8.97. The largest absolute Gasteiger partial charge is 0.478 e. The van der Waals surface area contributed by atoms with E-state index in [4.69, 9.17) is 5.11 Å². The number of aromatic nitrogens is 2. The van der Waals surface area contributed by atoms with E-state index in [1.807, 2.05) is 0 Å². The summed E-state index contributed by atoms with van der Waals surface area (Å²) in [6.45, 7) is 1.81. The summed E-state index contributed by atoms with van der Waals surface area (Å²) in [5.41, 5.74) is -0.0370. The van der Waals surface area contributed by atoms with Crippen LogP contribution in [0.2, 0.25) is 0 Å². The lowest BCUT2D eigenvalue weighted by molar-refractivity contribution is -0.117. The molecule has 19 heavy (non-hydrogen) atoms. The molecule has 0 spiro atoms. The van der Waals surface area contributed by atoms with E-state index in [1.54, 1.807) is 0 Å². The highest BCUT2D eigenvalue weighted by Gasteiger charge is 2.33. The molecule has 0 bridgehead atoms. The number of anilines is 1. The quantitative estimate of drug-likeness (QED) is 0.863. The number of nitrogens with zero attached hydrogens (tertiary/aromatic N) is 3. The molecule has 1 aromatic rings. The van der Waals surface area contributed by atoms with Crippen LogP contribution in [0.3, 0.4) is 0 Å². The molecule has 1 fully saturated rings. The summed E-state index contributed by atoms with van der Waals surface area (Å²) in [6, 6.07) is 0. The topological polar surface area (TPSA) is 100 Å². The lowest BCUT2D eigenvalue weighted by Gasteiger charge is -2.13. The summed E-state index contributed by atoms with van der Waals surface area (Å²) in [5, 5.41) is 8.59. The number of aromatic carboxylic acids is 1. The summed E-state index contributed by atoms with van der Waals surface area (Å²) in [7, 11) is 0. The molecule has 2 heterocycles. The van der Waals surface area contributed by atoms with Crippen molar-refractivity contribution in [3.63, 3.8) is 0 Å². The SMILES string of the molecule is CC(=O)SC1CC(=O)N(c2ncc(C(=O)O)cn2)C1. The van der Waals surface area contributed by atoms with Gasteiger partial charge in [0.05, 0.1) is 5.56 Å². The monoisotopic (exact) mass is 281 g/mol. The molecule has 100 valence electrons. The minimum Gasteiger partial charge on any atom is -0.478 e. The van der Waals surface area contributed by atoms with Crippen LogP contribution in [0.25, 0.3) is 0 Å². The van der Waals surface area contributed by atoms with E-state index in [0.29, 0.717) is 6.54 Å². The molecule has 2 rings (SSSR count). The Kier molecular flexibility index (Phi) is 3.79. The zero-order chi connectivity index (χ0) is 14.0. The molecule has 1 saturated heterocycles. The fourth-order valence-corrected chi connectivity index (χ4v) is 2.67. The molecule has 0 aromatic carbocycles. The highest BCUT2D eigenvalue weighted by Crippen LogP contribution is 2.26. The van der Waals surface area contributed by atoms with Crippen LogP contribution in [-0.2, 0) is 9.59 Å². The Morgan fingerprint density at radius 1 is 1.42 bits per heavy atom. The second kappa shape index (κ2) is 5.35. The van der Waals surface area contributed by atoms with Crippen molar-refractivity contribution in [3.05, 3.63) is 18.0 Å². The molecular formula is C11H11N3O4S. The van der Waals surface area contributed by atoms with Gasteiger partial charge in [0.2, 0.25) is 11.9 Å². The third-order valence-electron chi connectivity index (χ3n) is 2.55. The predicted octanol–water partition coefficient (Wildman–Crippen LogP) is 0.560. The number of carboxylic acid groups (broad SMARTS) is 1. The van der Waals surface area contributed by atoms with Gasteiger partial charge in [-0.05, 0) is 0 Å². The van der Waals surface area contributed by atoms with Gasteiger partial charge in [-0.15, -0.1) is 0 Å². The number of hydrogen-bond acceptors (Lipinski definition) is 6. The van der Waals surface area contributed by atoms with Crippen LogP contribution in [0.5, 0.6) is 0 Å². The van der Waals surface area contributed by atoms with Crippen molar-refractivity contribution in [1.29, 1.82) is 0 Å². The van der Waals surface area contributed by atoms with Crippen molar-refractivity contribution in [2.24, 2.45) is 0 Å². The molecule has 7 nitrogen and oxygen atoms in total. The summed E-state index contributed by atoms with van der Waals surface area (Å²) >= 11 is 1.12. The van der Waals surface area contributed by atoms with Crippen molar-refractivity contribution < 1.29 is 19.5 Å². The van der Waals surface area contributed by atoms with E-state index in [-0.39, 0.29) is 34.2 Å². The summed E-state index contributed by atoms with van der Waals surface area (Å²) < 4.78 is 0. The van der Waals surface area contributed by atoms with Crippen molar-refractivity contribution in [1.82, 2.24) is 9.97 Å². The zero-order valence-corrected chi connectivity index (χ0v) is 10.9. The van der Waals surface area contributed by atoms with E-state index in [2.05, 4.69) is 9.97 Å². The van der Waals surface area contributed by atoms with E-state index < -0.39 is 5.97 Å². The van der Waals surface area contributed by atoms with Crippen molar-refractivity contribution in [2.45, 2.75) is 18.6 Å². The minimum atomic E-state index is -1.12. The third-order valence-corrected chi connectivity index (χ3v) is 3.53. The average Bonchev–Trinajstić information content (AvgIpc) is 2.69. The maximum absolute atomic E-state index is 11.8. The molecule has 0 saturated carbocycles. The molecule has 1 unspecified atom stereocenters. The minimum absolute atomic E-state index is 0.0370. The maximum Gasteiger partial charge on any atom is 0.338 e. The van der Waals surface area contributed by atoms with Gasteiger partial charge in [0.15, 0.2) is 5.12 Å². The van der Waals surface area contributed by atoms with Gasteiger partial charge < -0.3 is 5.11 Å². The average molecular weight is 281 g/mol. The fourth-order valence-electron chi connectivity index (χ4n) is 1.75. The fraction of sp³-hybridized carbons (Fsp3) is 0.364. The number of amides is 1. The van der Waals surface area contributed by atoms with E-state index in [0.717, 1.165) is 24.2 Å². The van der Waals surface area contributed by atoms with E-state index in [9.17, 15) is 14.4 Å². The molecule has 0 radical (unpaired) electrons. The molecule has 8 heteroatoms. The lowest BCUT2D eigenvalue weighted by atomic mass is 10.3. The van der Waals surface area contributed by atoms with Crippen molar-refractivity contribution in [2.75, 3.05) is 11.4 Å². The third kappa shape index (κ3) is 3.08. The molecular weight excluding hydrogens is 270 g/mol. The van der Waals surface area contributed by atoms with Crippen LogP contribution in [0.4, 0.5) is 5.95 Å². The van der Waals surface area contributed by atoms with Gasteiger partial charge in [-0.2, -0.15) is 0 Å². The first kappa shape index (κ1) is 13.5. The Morgan fingerprint density at radius 2 is 2.05 bits per heavy atom. The van der Waals surface area contributed by atoms with Gasteiger partial charge in [-0.25, -0.2) is 14.8 Å². The van der Waals surface area contributed by atoms with Gasteiger partial charge in [-0.3, -0.25) is 14.5 Å². The molecule has 1 N–H and O–H groups in total. The summed E-state index contributed by atoms with van der Waals surface area (Å²) in [4.78, 5) is 42.6. The Balaban J connectivity index is 2.11. The number of rotatable bonds is 3. The number of carbonyl (C=O) groups excluding carboxylic acids is 2. The Hall–Kier alpha value is -1.96. The highest BCUT2D eigenvalue weighted by molar-refractivity contribution is 8.14. The standard InChI is InChI=1S/C11H11N3O4S/c1-6(15)19-8-2-9(16)14(5-8)11-12-3-7(4-13-11)10(17)18/h3-4,8H,2,5H2,1H3,(H,17,18). The molecule has 1 aromatic heterocycles. The normalized spacial score (nSPS) is 18.7. The Labute approximate surface area is 113 Å². The van der Waals surface area contributed by atoms with Gasteiger partial charge in [0, 0.05) is 37.5 Å². The Bertz CT molecular complexity index is 531. The zero-order valence-electron chi connectivity index (χ0n) is 10.1. The van der Waals surface area contributed by atoms with Crippen LogP contribution in [-0.4, -0.2) is 43.9 Å². The first-order valence-electron chi connectivity index (χ1n) is 5.50. The number of thioether (sulfide) groups is 1.